The van der Waals surface area contributed by atoms with Gasteiger partial charge in [-0.2, -0.15) is 0 Å². The first-order valence-electron chi connectivity index (χ1n) is 7.03. The summed E-state index contributed by atoms with van der Waals surface area (Å²) in [4.78, 5) is 2.45. The van der Waals surface area contributed by atoms with Crippen LogP contribution in [0, 0.1) is 12.7 Å². The number of aryl methyl sites for hydroxylation is 1. The first-order chi connectivity index (χ1) is 10.1. The first kappa shape index (κ1) is 15.0. The van der Waals surface area contributed by atoms with Gasteiger partial charge in [0.25, 0.3) is 0 Å². The van der Waals surface area contributed by atoms with Crippen LogP contribution in [0.5, 0.6) is 5.75 Å². The molecule has 1 aliphatic heterocycles. The number of thiophene rings is 1. The number of hydrogen-bond acceptors (Lipinski definition) is 3. The fourth-order valence-electron chi connectivity index (χ4n) is 2.70. The van der Waals surface area contributed by atoms with Crippen molar-refractivity contribution in [3.05, 3.63) is 49.9 Å². The van der Waals surface area contributed by atoms with E-state index in [9.17, 15) is 4.39 Å². The van der Waals surface area contributed by atoms with Crippen molar-refractivity contribution < 1.29 is 9.13 Å². The zero-order valence-corrected chi connectivity index (χ0v) is 14.4. The molecule has 2 atom stereocenters. The molecule has 2 aromatic rings. The molecule has 0 aliphatic carbocycles. The van der Waals surface area contributed by atoms with E-state index >= 15 is 0 Å². The molecular formula is C16H17BrFNOS. The predicted octanol–water partition coefficient (Wildman–Crippen LogP) is 5.13. The summed E-state index contributed by atoms with van der Waals surface area (Å²) in [5, 5.41) is 3.44. The molecule has 1 N–H and O–H groups in total. The number of fused-ring (bicyclic) bond motifs is 1. The zero-order chi connectivity index (χ0) is 15.0. The average molecular weight is 370 g/mol. The third-order valence-electron chi connectivity index (χ3n) is 3.71. The lowest BCUT2D eigenvalue weighted by Gasteiger charge is -2.32. The number of ether oxygens (including phenoxy) is 1. The van der Waals surface area contributed by atoms with E-state index < -0.39 is 0 Å². The van der Waals surface area contributed by atoms with Gasteiger partial charge in [0, 0.05) is 32.3 Å². The molecule has 21 heavy (non-hydrogen) atoms. The van der Waals surface area contributed by atoms with Gasteiger partial charge in [-0.3, -0.25) is 0 Å². The molecule has 0 amide bonds. The summed E-state index contributed by atoms with van der Waals surface area (Å²) < 4.78 is 20.7. The highest BCUT2D eigenvalue weighted by Crippen LogP contribution is 2.43. The van der Waals surface area contributed by atoms with Gasteiger partial charge in [-0.15, -0.1) is 11.3 Å². The van der Waals surface area contributed by atoms with E-state index in [4.69, 9.17) is 4.74 Å². The van der Waals surface area contributed by atoms with Crippen molar-refractivity contribution in [2.24, 2.45) is 0 Å². The third kappa shape index (κ3) is 3.00. The van der Waals surface area contributed by atoms with Gasteiger partial charge in [-0.05, 0) is 53.7 Å². The molecule has 2 heterocycles. The number of rotatable bonds is 3. The second-order valence-corrected chi connectivity index (χ2v) is 7.33. The van der Waals surface area contributed by atoms with Gasteiger partial charge in [0.15, 0.2) is 0 Å². The Bertz CT molecular complexity index is 638. The molecule has 2 unspecified atom stereocenters. The standard InChI is InChI=1S/C16H17BrFNOS/c1-3-19-13-8-15(16-7-12(17)9(2)21-16)20-14-5-4-10(18)6-11(13)14/h4-7,13,15,19H,3,8H2,1-2H3. The maximum absolute atomic E-state index is 13.5. The van der Waals surface area contributed by atoms with Crippen molar-refractivity contribution in [1.82, 2.24) is 5.32 Å². The highest BCUT2D eigenvalue weighted by Gasteiger charge is 2.30. The fraction of sp³-hybridized carbons (Fsp3) is 0.375. The van der Waals surface area contributed by atoms with Crippen molar-refractivity contribution in [3.63, 3.8) is 0 Å². The summed E-state index contributed by atoms with van der Waals surface area (Å²) in [6.45, 7) is 5.00. The topological polar surface area (TPSA) is 21.3 Å². The summed E-state index contributed by atoms with van der Waals surface area (Å²) >= 11 is 5.30. The molecule has 0 saturated heterocycles. The highest BCUT2D eigenvalue weighted by atomic mass is 79.9. The number of hydrogen-bond donors (Lipinski definition) is 1. The predicted molar refractivity (Wildman–Crippen MR) is 87.6 cm³/mol. The Balaban J connectivity index is 1.95. The summed E-state index contributed by atoms with van der Waals surface area (Å²) in [5.74, 6) is 0.564. The Morgan fingerprint density at radius 1 is 1.43 bits per heavy atom. The van der Waals surface area contributed by atoms with E-state index in [1.54, 1.807) is 23.5 Å². The van der Waals surface area contributed by atoms with E-state index in [1.807, 2.05) is 0 Å². The van der Waals surface area contributed by atoms with Crippen LogP contribution >= 0.6 is 27.3 Å². The van der Waals surface area contributed by atoms with Crippen molar-refractivity contribution in [2.75, 3.05) is 6.54 Å². The molecule has 0 bridgehead atoms. The van der Waals surface area contributed by atoms with Crippen LogP contribution in [0.15, 0.2) is 28.7 Å². The van der Waals surface area contributed by atoms with Crippen LogP contribution in [0.3, 0.4) is 0 Å². The molecule has 5 heteroatoms. The smallest absolute Gasteiger partial charge is 0.135 e. The Kier molecular flexibility index (Phi) is 4.33. The van der Waals surface area contributed by atoms with Crippen LogP contribution < -0.4 is 10.1 Å². The van der Waals surface area contributed by atoms with Gasteiger partial charge >= 0.3 is 0 Å². The third-order valence-corrected chi connectivity index (χ3v) is 5.94. The lowest BCUT2D eigenvalue weighted by molar-refractivity contribution is 0.155. The second kappa shape index (κ2) is 6.07. The van der Waals surface area contributed by atoms with Crippen LogP contribution in [0.25, 0.3) is 0 Å². The molecule has 1 aromatic heterocycles. The van der Waals surface area contributed by atoms with E-state index in [0.717, 1.165) is 28.8 Å². The molecule has 0 spiro atoms. The van der Waals surface area contributed by atoms with Crippen LogP contribution in [0.4, 0.5) is 4.39 Å². The van der Waals surface area contributed by atoms with Crippen molar-refractivity contribution in [2.45, 2.75) is 32.4 Å². The van der Waals surface area contributed by atoms with Gasteiger partial charge in [0.1, 0.15) is 17.7 Å². The lowest BCUT2D eigenvalue weighted by Crippen LogP contribution is -2.28. The number of halogens is 2. The minimum absolute atomic E-state index is 0.0158. The van der Waals surface area contributed by atoms with E-state index in [0.29, 0.717) is 0 Å². The van der Waals surface area contributed by atoms with E-state index in [2.05, 4.69) is 41.2 Å². The normalized spacial score (nSPS) is 21.0. The largest absolute Gasteiger partial charge is 0.484 e. The molecule has 1 aliphatic rings. The molecule has 3 rings (SSSR count). The maximum atomic E-state index is 13.5. The van der Waals surface area contributed by atoms with Gasteiger partial charge in [-0.25, -0.2) is 4.39 Å². The number of nitrogens with one attached hydrogen (secondary N) is 1. The molecule has 0 fully saturated rings. The van der Waals surface area contributed by atoms with Gasteiger partial charge in [-0.1, -0.05) is 6.92 Å². The van der Waals surface area contributed by atoms with Gasteiger partial charge in [0.05, 0.1) is 0 Å². The lowest BCUT2D eigenvalue weighted by atomic mass is 9.95. The van der Waals surface area contributed by atoms with Crippen LogP contribution in [0.2, 0.25) is 0 Å². The Morgan fingerprint density at radius 2 is 2.24 bits per heavy atom. The zero-order valence-electron chi connectivity index (χ0n) is 12.0. The Morgan fingerprint density at radius 3 is 2.90 bits per heavy atom. The molecule has 1 aromatic carbocycles. The van der Waals surface area contributed by atoms with Crippen LogP contribution in [0.1, 0.15) is 40.8 Å². The molecule has 2 nitrogen and oxygen atoms in total. The fourth-order valence-corrected chi connectivity index (χ4v) is 4.30. The summed E-state index contributed by atoms with van der Waals surface area (Å²) in [6, 6.07) is 7.02. The monoisotopic (exact) mass is 369 g/mol. The number of benzene rings is 1. The Labute approximate surface area is 136 Å². The minimum atomic E-state index is -0.214. The molecule has 112 valence electrons. The average Bonchev–Trinajstić information content (AvgIpc) is 2.79. The second-order valence-electron chi connectivity index (χ2n) is 5.19. The summed E-state index contributed by atoms with van der Waals surface area (Å²) in [6.07, 6.45) is 0.832. The summed E-state index contributed by atoms with van der Waals surface area (Å²) in [7, 11) is 0. The van der Waals surface area contributed by atoms with Gasteiger partial charge in [0.2, 0.25) is 0 Å². The summed E-state index contributed by atoms with van der Waals surface area (Å²) in [5.41, 5.74) is 0.917. The maximum Gasteiger partial charge on any atom is 0.135 e. The van der Waals surface area contributed by atoms with E-state index in [1.165, 1.54) is 15.8 Å². The van der Waals surface area contributed by atoms with E-state index in [-0.39, 0.29) is 18.0 Å². The van der Waals surface area contributed by atoms with Crippen molar-refractivity contribution in [3.8, 4) is 5.75 Å². The highest BCUT2D eigenvalue weighted by molar-refractivity contribution is 9.10. The van der Waals surface area contributed by atoms with Crippen LogP contribution in [-0.4, -0.2) is 6.54 Å². The molecular weight excluding hydrogens is 353 g/mol. The molecule has 0 radical (unpaired) electrons. The minimum Gasteiger partial charge on any atom is -0.484 e. The van der Waals surface area contributed by atoms with Crippen LogP contribution in [-0.2, 0) is 0 Å². The van der Waals surface area contributed by atoms with Gasteiger partial charge < -0.3 is 10.1 Å². The SMILES string of the molecule is CCNC1CC(c2cc(Br)c(C)s2)Oc2ccc(F)cc21. The Hall–Kier alpha value is -0.910. The molecule has 0 saturated carbocycles. The first-order valence-corrected chi connectivity index (χ1v) is 8.64. The van der Waals surface area contributed by atoms with Crippen molar-refractivity contribution in [1.29, 1.82) is 0 Å². The quantitative estimate of drug-likeness (QED) is 0.809. The van der Waals surface area contributed by atoms with Crippen molar-refractivity contribution >= 4 is 27.3 Å².